The van der Waals surface area contributed by atoms with E-state index >= 15 is 0 Å². The van der Waals surface area contributed by atoms with Gasteiger partial charge in [0.2, 0.25) is 0 Å². The summed E-state index contributed by atoms with van der Waals surface area (Å²) in [5.74, 6) is -1.08. The van der Waals surface area contributed by atoms with Crippen LogP contribution in [0, 0.1) is 56.7 Å². The quantitative estimate of drug-likeness (QED) is 0.213. The van der Waals surface area contributed by atoms with E-state index in [9.17, 15) is 35.1 Å². The lowest BCUT2D eigenvalue weighted by Gasteiger charge is -2.70. The smallest absolute Gasteiger partial charge is 0.314 e. The van der Waals surface area contributed by atoms with Gasteiger partial charge in [0, 0.05) is 0 Å². The van der Waals surface area contributed by atoms with Gasteiger partial charge in [0.15, 0.2) is 6.29 Å². The standard InChI is InChI=1S/C36H56O9/c1-18-10-15-35(30(40)41)16-17-36(31(42)43)21(25(35)19(18)2)8-9-23-33(6)13-12-24(32(4,5)22(33)11-14-34(23,36)7)45-29-28(39)27(38)26(37)20(3)44-29/h8,18-20,22-29,37-39H,9-17H2,1-7H3,(H,40,41)(H,42,43)/t18-,19+,20-,22+,23+,24+,25+,26-,27+,28-,29+,33+,34-,35+,36-/m1/s1. The maximum atomic E-state index is 13.8. The van der Waals surface area contributed by atoms with Crippen LogP contribution in [-0.4, -0.2) is 74.3 Å². The molecule has 1 heterocycles. The molecule has 0 radical (unpaired) electrons. The summed E-state index contributed by atoms with van der Waals surface area (Å²) in [5.41, 5.74) is -2.13. The number of aliphatic hydroxyl groups is 3. The fourth-order valence-corrected chi connectivity index (χ4v) is 12.5. The molecule has 254 valence electrons. The SMILES string of the molecule is C[C@H]1[C@H](C)CC[C@]2(C(=O)O)CC[C@]3(C(=O)O)C(=CC[C@H]4[C@@]5(C)CC[C@H](O[C@@H]6O[C@H](C)[C@@H](O)[C@H](O)[C@H]6O)C(C)(C)[C@@H]5CC[C@]43C)[C@H]12. The van der Waals surface area contributed by atoms with Gasteiger partial charge in [-0.25, -0.2) is 0 Å². The first-order valence-corrected chi connectivity index (χ1v) is 17.4. The Bertz CT molecular complexity index is 1250. The Kier molecular flexibility index (Phi) is 7.97. The molecule has 5 fully saturated rings. The second kappa shape index (κ2) is 10.7. The zero-order valence-corrected chi connectivity index (χ0v) is 28.2. The monoisotopic (exact) mass is 632 g/mol. The first kappa shape index (κ1) is 33.4. The molecule has 6 aliphatic rings. The molecule has 0 amide bonds. The molecule has 0 aromatic rings. The number of aliphatic carboxylic acids is 2. The second-order valence-corrected chi connectivity index (χ2v) is 17.2. The third-order valence-electron chi connectivity index (χ3n) is 15.3. The predicted octanol–water partition coefficient (Wildman–Crippen LogP) is 5.01. The Balaban J connectivity index is 1.35. The highest BCUT2D eigenvalue weighted by Gasteiger charge is 2.73. The Hall–Kier alpha value is -1.52. The molecule has 0 spiro atoms. The lowest BCUT2D eigenvalue weighted by Crippen LogP contribution is -2.68. The fraction of sp³-hybridized carbons (Fsp3) is 0.889. The number of fused-ring (bicyclic) bond motifs is 7. The number of carboxylic acids is 2. The Labute approximate surface area is 267 Å². The minimum atomic E-state index is -1.36. The van der Waals surface area contributed by atoms with E-state index in [0.717, 1.165) is 37.7 Å². The summed E-state index contributed by atoms with van der Waals surface area (Å²) in [6, 6.07) is 0. The van der Waals surface area contributed by atoms with Crippen LogP contribution in [-0.2, 0) is 19.1 Å². The molecule has 9 nitrogen and oxygen atoms in total. The van der Waals surface area contributed by atoms with Crippen molar-refractivity contribution in [1.29, 1.82) is 0 Å². The van der Waals surface area contributed by atoms with Gasteiger partial charge >= 0.3 is 11.9 Å². The zero-order chi connectivity index (χ0) is 33.1. The lowest BCUT2D eigenvalue weighted by molar-refractivity contribution is -0.324. The minimum absolute atomic E-state index is 0.0958. The highest BCUT2D eigenvalue weighted by atomic mass is 16.7. The average molecular weight is 633 g/mol. The van der Waals surface area contributed by atoms with Crippen LogP contribution in [0.25, 0.3) is 0 Å². The van der Waals surface area contributed by atoms with Crippen molar-refractivity contribution in [2.24, 2.45) is 56.7 Å². The first-order chi connectivity index (χ1) is 20.9. The number of allylic oxidation sites excluding steroid dienone is 1. The summed E-state index contributed by atoms with van der Waals surface area (Å²) in [7, 11) is 0. The third kappa shape index (κ3) is 4.28. The number of carbonyl (C=O) groups is 2. The maximum Gasteiger partial charge on any atom is 0.314 e. The fourth-order valence-electron chi connectivity index (χ4n) is 12.5. The van der Waals surface area contributed by atoms with Crippen molar-refractivity contribution >= 4 is 11.9 Å². The summed E-state index contributed by atoms with van der Waals surface area (Å²) in [6.07, 6.45) is 2.36. The topological polar surface area (TPSA) is 154 Å². The highest BCUT2D eigenvalue weighted by molar-refractivity contribution is 5.84. The molecule has 4 saturated carbocycles. The molecule has 6 rings (SSSR count). The number of rotatable bonds is 4. The van der Waals surface area contributed by atoms with Gasteiger partial charge in [-0.1, -0.05) is 53.2 Å². The second-order valence-electron chi connectivity index (χ2n) is 17.2. The van der Waals surface area contributed by atoms with E-state index in [0.29, 0.717) is 31.6 Å². The van der Waals surface area contributed by atoms with Crippen molar-refractivity contribution in [2.75, 3.05) is 0 Å². The van der Waals surface area contributed by atoms with Crippen LogP contribution in [0.4, 0.5) is 0 Å². The van der Waals surface area contributed by atoms with Crippen LogP contribution < -0.4 is 0 Å². The largest absolute Gasteiger partial charge is 0.481 e. The highest BCUT2D eigenvalue weighted by Crippen LogP contribution is 2.76. The van der Waals surface area contributed by atoms with Crippen molar-refractivity contribution in [3.63, 3.8) is 0 Å². The molecule has 5 aliphatic carbocycles. The van der Waals surface area contributed by atoms with Gasteiger partial charge in [0.25, 0.3) is 0 Å². The zero-order valence-electron chi connectivity index (χ0n) is 28.2. The summed E-state index contributed by atoms with van der Waals surface area (Å²) in [6.45, 7) is 15.0. The van der Waals surface area contributed by atoms with Gasteiger partial charge < -0.3 is 35.0 Å². The molecule has 1 aliphatic heterocycles. The Morgan fingerprint density at radius 1 is 0.822 bits per heavy atom. The van der Waals surface area contributed by atoms with Crippen LogP contribution in [0.2, 0.25) is 0 Å². The minimum Gasteiger partial charge on any atom is -0.481 e. The van der Waals surface area contributed by atoms with Crippen molar-refractivity contribution < 1.29 is 44.6 Å². The summed E-state index contributed by atoms with van der Waals surface area (Å²) in [5, 5.41) is 53.2. The van der Waals surface area contributed by atoms with Crippen molar-refractivity contribution in [1.82, 2.24) is 0 Å². The maximum absolute atomic E-state index is 13.8. The third-order valence-corrected chi connectivity index (χ3v) is 15.3. The average Bonchev–Trinajstić information content (AvgIpc) is 2.97. The van der Waals surface area contributed by atoms with Crippen molar-refractivity contribution in [2.45, 2.75) is 143 Å². The van der Waals surface area contributed by atoms with Crippen LogP contribution in [0.1, 0.15) is 106 Å². The molecular weight excluding hydrogens is 576 g/mol. The van der Waals surface area contributed by atoms with E-state index in [2.05, 4.69) is 47.6 Å². The van der Waals surface area contributed by atoms with Crippen molar-refractivity contribution in [3.8, 4) is 0 Å². The van der Waals surface area contributed by atoms with E-state index in [4.69, 9.17) is 9.47 Å². The molecule has 0 bridgehead atoms. The van der Waals surface area contributed by atoms with E-state index in [1.54, 1.807) is 6.92 Å². The van der Waals surface area contributed by atoms with E-state index < -0.39 is 58.9 Å². The number of carboxylic acid groups (broad SMARTS) is 2. The molecular formula is C36H56O9. The normalized spacial score (nSPS) is 54.0. The van der Waals surface area contributed by atoms with Crippen LogP contribution >= 0.6 is 0 Å². The summed E-state index contributed by atoms with van der Waals surface area (Å²) < 4.78 is 12.3. The van der Waals surface area contributed by atoms with Gasteiger partial charge in [-0.15, -0.1) is 0 Å². The Morgan fingerprint density at radius 2 is 1.51 bits per heavy atom. The van der Waals surface area contributed by atoms with Gasteiger partial charge in [0.05, 0.1) is 23.0 Å². The number of aliphatic hydroxyl groups excluding tert-OH is 3. The molecule has 0 unspecified atom stereocenters. The van der Waals surface area contributed by atoms with E-state index in [1.807, 2.05) is 0 Å². The van der Waals surface area contributed by atoms with Gasteiger partial charge in [-0.05, 0) is 111 Å². The molecule has 15 atom stereocenters. The molecule has 0 aromatic carbocycles. The predicted molar refractivity (Wildman–Crippen MR) is 166 cm³/mol. The first-order valence-electron chi connectivity index (χ1n) is 17.4. The number of ether oxygens (including phenoxy) is 2. The van der Waals surface area contributed by atoms with Gasteiger partial charge in [-0.3, -0.25) is 9.59 Å². The van der Waals surface area contributed by atoms with Crippen molar-refractivity contribution in [3.05, 3.63) is 11.6 Å². The summed E-state index contributed by atoms with van der Waals surface area (Å²) >= 11 is 0. The molecule has 1 saturated heterocycles. The van der Waals surface area contributed by atoms with E-state index in [1.165, 1.54) is 0 Å². The van der Waals surface area contributed by atoms with Gasteiger partial charge in [0.1, 0.15) is 18.3 Å². The van der Waals surface area contributed by atoms with Crippen LogP contribution in [0.5, 0.6) is 0 Å². The summed E-state index contributed by atoms with van der Waals surface area (Å²) in [4.78, 5) is 26.8. The number of hydrogen-bond acceptors (Lipinski definition) is 7. The van der Waals surface area contributed by atoms with E-state index in [-0.39, 0.29) is 40.6 Å². The van der Waals surface area contributed by atoms with Gasteiger partial charge in [-0.2, -0.15) is 0 Å². The Morgan fingerprint density at radius 3 is 2.16 bits per heavy atom. The number of hydrogen-bond donors (Lipinski definition) is 5. The van der Waals surface area contributed by atoms with Crippen LogP contribution in [0.15, 0.2) is 11.6 Å². The van der Waals surface area contributed by atoms with Crippen LogP contribution in [0.3, 0.4) is 0 Å². The molecule has 45 heavy (non-hydrogen) atoms. The molecule has 0 aromatic heterocycles. The molecule has 5 N–H and O–H groups in total. The molecule has 9 heteroatoms. The lowest BCUT2D eigenvalue weighted by atomic mass is 9.33.